The van der Waals surface area contributed by atoms with E-state index in [1.165, 1.54) is 5.56 Å². The molecule has 0 unspecified atom stereocenters. The van der Waals surface area contributed by atoms with E-state index in [9.17, 15) is 0 Å². The van der Waals surface area contributed by atoms with Crippen LogP contribution in [0.25, 0.3) is 0 Å². The van der Waals surface area contributed by atoms with Gasteiger partial charge in [0.1, 0.15) is 0 Å². The molecule has 1 aromatic carbocycles. The van der Waals surface area contributed by atoms with Crippen LogP contribution in [0.5, 0.6) is 0 Å². The first-order chi connectivity index (χ1) is 9.65. The zero-order valence-electron chi connectivity index (χ0n) is 12.2. The van der Waals surface area contributed by atoms with Crippen molar-refractivity contribution in [3.63, 3.8) is 0 Å². The van der Waals surface area contributed by atoms with Gasteiger partial charge in [-0.15, -0.1) is 0 Å². The molecule has 0 fully saturated rings. The summed E-state index contributed by atoms with van der Waals surface area (Å²) in [5, 5.41) is 7.51. The van der Waals surface area contributed by atoms with Gasteiger partial charge in [-0.05, 0) is 5.56 Å². The Hall–Kier alpha value is -2.30. The lowest BCUT2D eigenvalue weighted by Crippen LogP contribution is -2.36. The zero-order chi connectivity index (χ0) is 14.4. The van der Waals surface area contributed by atoms with Crippen molar-refractivity contribution in [2.75, 3.05) is 14.1 Å². The maximum atomic E-state index is 4.60. The highest BCUT2D eigenvalue weighted by Gasteiger charge is 2.02. The topological polar surface area (TPSA) is 45.5 Å². The van der Waals surface area contributed by atoms with Gasteiger partial charge in [-0.25, -0.2) is 4.99 Å². The fourth-order valence-electron chi connectivity index (χ4n) is 1.85. The van der Waals surface area contributed by atoms with Gasteiger partial charge in [0.05, 0.1) is 12.7 Å². The Balaban J connectivity index is 1.96. The minimum Gasteiger partial charge on any atom is -0.352 e. The number of guanidine groups is 1. The van der Waals surface area contributed by atoms with Crippen molar-refractivity contribution in [3.8, 4) is 0 Å². The molecule has 0 saturated heterocycles. The maximum absolute atomic E-state index is 4.60. The number of aliphatic imine (C=N–C) groups is 1. The van der Waals surface area contributed by atoms with E-state index in [-0.39, 0.29) is 0 Å². The molecule has 0 radical (unpaired) electrons. The van der Waals surface area contributed by atoms with Crippen LogP contribution in [0, 0.1) is 0 Å². The Bertz CT molecular complexity index is 557. The van der Waals surface area contributed by atoms with Crippen molar-refractivity contribution in [1.29, 1.82) is 0 Å². The van der Waals surface area contributed by atoms with Crippen LogP contribution in [0.2, 0.25) is 0 Å². The molecular formula is C15H21N5. The van der Waals surface area contributed by atoms with Gasteiger partial charge in [-0.1, -0.05) is 30.3 Å². The highest BCUT2D eigenvalue weighted by molar-refractivity contribution is 5.79. The first kappa shape index (κ1) is 14.1. The molecule has 5 heteroatoms. The predicted molar refractivity (Wildman–Crippen MR) is 81.3 cm³/mol. The Morgan fingerprint density at radius 2 is 2.00 bits per heavy atom. The van der Waals surface area contributed by atoms with Gasteiger partial charge >= 0.3 is 0 Å². The van der Waals surface area contributed by atoms with Gasteiger partial charge in [-0.2, -0.15) is 5.10 Å². The van der Waals surface area contributed by atoms with Crippen molar-refractivity contribution in [2.45, 2.75) is 13.1 Å². The van der Waals surface area contributed by atoms with Crippen LogP contribution in [-0.2, 0) is 20.1 Å². The Kier molecular flexibility index (Phi) is 4.76. The summed E-state index contributed by atoms with van der Waals surface area (Å²) in [5.41, 5.74) is 2.34. The van der Waals surface area contributed by atoms with E-state index in [0.29, 0.717) is 6.54 Å². The lowest BCUT2D eigenvalue weighted by molar-refractivity contribution is 0.578. The molecule has 0 amide bonds. The minimum absolute atomic E-state index is 0.628. The smallest absolute Gasteiger partial charge is 0.194 e. The SMILES string of the molecule is CN(C)C(=NCc1cnn(C)c1)NCc1ccccc1. The predicted octanol–water partition coefficient (Wildman–Crippen LogP) is 1.63. The second-order valence-electron chi connectivity index (χ2n) is 4.90. The number of nitrogens with zero attached hydrogens (tertiary/aromatic N) is 4. The van der Waals surface area contributed by atoms with Crippen molar-refractivity contribution >= 4 is 5.96 Å². The Morgan fingerprint density at radius 3 is 2.60 bits per heavy atom. The summed E-state index contributed by atoms with van der Waals surface area (Å²) in [7, 11) is 5.88. The lowest BCUT2D eigenvalue weighted by Gasteiger charge is -2.17. The van der Waals surface area contributed by atoms with Gasteiger partial charge in [0, 0.05) is 39.4 Å². The summed E-state index contributed by atoms with van der Waals surface area (Å²) in [6.45, 7) is 1.40. The third kappa shape index (κ3) is 4.12. The molecule has 5 nitrogen and oxygen atoms in total. The zero-order valence-corrected chi connectivity index (χ0v) is 12.2. The summed E-state index contributed by atoms with van der Waals surface area (Å²) in [6, 6.07) is 10.3. The van der Waals surface area contributed by atoms with Crippen molar-refractivity contribution < 1.29 is 0 Å². The second kappa shape index (κ2) is 6.75. The van der Waals surface area contributed by atoms with E-state index in [2.05, 4.69) is 27.5 Å². The second-order valence-corrected chi connectivity index (χ2v) is 4.90. The third-order valence-electron chi connectivity index (χ3n) is 2.89. The normalized spacial score (nSPS) is 11.4. The third-order valence-corrected chi connectivity index (χ3v) is 2.89. The van der Waals surface area contributed by atoms with E-state index >= 15 is 0 Å². The van der Waals surface area contributed by atoms with E-state index in [4.69, 9.17) is 0 Å². The van der Waals surface area contributed by atoms with Crippen molar-refractivity contribution in [1.82, 2.24) is 20.0 Å². The average molecular weight is 271 g/mol. The largest absolute Gasteiger partial charge is 0.352 e. The number of nitrogens with one attached hydrogen (secondary N) is 1. The summed E-state index contributed by atoms with van der Waals surface area (Å²) >= 11 is 0. The van der Waals surface area contributed by atoms with Crippen LogP contribution in [0.1, 0.15) is 11.1 Å². The monoisotopic (exact) mass is 271 g/mol. The fraction of sp³-hybridized carbons (Fsp3) is 0.333. The highest BCUT2D eigenvalue weighted by atomic mass is 15.3. The van der Waals surface area contributed by atoms with Crippen LogP contribution in [0.15, 0.2) is 47.7 Å². The lowest BCUT2D eigenvalue weighted by atomic mass is 10.2. The fourth-order valence-corrected chi connectivity index (χ4v) is 1.85. The summed E-state index contributed by atoms with van der Waals surface area (Å²) in [6.07, 6.45) is 3.82. The molecule has 0 bridgehead atoms. The first-order valence-corrected chi connectivity index (χ1v) is 6.62. The molecule has 1 heterocycles. The molecule has 2 rings (SSSR count). The summed E-state index contributed by atoms with van der Waals surface area (Å²) < 4.78 is 1.79. The quantitative estimate of drug-likeness (QED) is 0.679. The molecule has 2 aromatic rings. The van der Waals surface area contributed by atoms with Crippen LogP contribution in [0.3, 0.4) is 0 Å². The van der Waals surface area contributed by atoms with Gasteiger partial charge in [0.15, 0.2) is 5.96 Å². The minimum atomic E-state index is 0.628. The van der Waals surface area contributed by atoms with E-state index in [1.54, 1.807) is 4.68 Å². The Labute approximate surface area is 119 Å². The van der Waals surface area contributed by atoms with Crippen LogP contribution in [0.4, 0.5) is 0 Å². The summed E-state index contributed by atoms with van der Waals surface area (Å²) in [4.78, 5) is 6.59. The first-order valence-electron chi connectivity index (χ1n) is 6.62. The number of hydrogen-bond acceptors (Lipinski definition) is 2. The molecular weight excluding hydrogens is 250 g/mol. The number of benzene rings is 1. The molecule has 0 aliphatic carbocycles. The molecule has 1 N–H and O–H groups in total. The van der Waals surface area contributed by atoms with E-state index in [1.807, 2.05) is 56.6 Å². The molecule has 106 valence electrons. The van der Waals surface area contributed by atoms with Crippen molar-refractivity contribution in [2.24, 2.45) is 12.0 Å². The van der Waals surface area contributed by atoms with Crippen LogP contribution in [-0.4, -0.2) is 34.7 Å². The average Bonchev–Trinajstić information content (AvgIpc) is 2.85. The van der Waals surface area contributed by atoms with Crippen LogP contribution < -0.4 is 5.32 Å². The maximum Gasteiger partial charge on any atom is 0.194 e. The molecule has 0 aliphatic heterocycles. The van der Waals surface area contributed by atoms with E-state index in [0.717, 1.165) is 18.1 Å². The molecule has 0 saturated carbocycles. The van der Waals surface area contributed by atoms with Crippen LogP contribution >= 0.6 is 0 Å². The standard InChI is InChI=1S/C15H21N5/c1-19(2)15(16-9-13-7-5-4-6-8-13)17-10-14-11-18-20(3)12-14/h4-8,11-12H,9-10H2,1-3H3,(H,16,17). The number of hydrogen-bond donors (Lipinski definition) is 1. The van der Waals surface area contributed by atoms with Gasteiger partial charge in [-0.3, -0.25) is 4.68 Å². The number of rotatable bonds is 4. The van der Waals surface area contributed by atoms with Gasteiger partial charge < -0.3 is 10.2 Å². The van der Waals surface area contributed by atoms with Gasteiger partial charge in [0.2, 0.25) is 0 Å². The molecule has 1 aromatic heterocycles. The molecule has 0 atom stereocenters. The van der Waals surface area contributed by atoms with Crippen molar-refractivity contribution in [3.05, 3.63) is 53.9 Å². The number of aryl methyl sites for hydroxylation is 1. The summed E-state index contributed by atoms with van der Waals surface area (Å²) in [5.74, 6) is 0.873. The Morgan fingerprint density at radius 1 is 1.25 bits per heavy atom. The molecule has 0 aliphatic rings. The van der Waals surface area contributed by atoms with Gasteiger partial charge in [0.25, 0.3) is 0 Å². The van der Waals surface area contributed by atoms with E-state index < -0.39 is 0 Å². The number of aromatic nitrogens is 2. The molecule has 0 spiro atoms. The molecule has 20 heavy (non-hydrogen) atoms. The highest BCUT2D eigenvalue weighted by Crippen LogP contribution is 2.01.